The van der Waals surface area contributed by atoms with Crippen molar-refractivity contribution in [1.29, 1.82) is 0 Å². The van der Waals surface area contributed by atoms with Gasteiger partial charge in [0, 0.05) is 16.5 Å². The molecule has 0 aliphatic carbocycles. The SMILES string of the molecule is CC(C)(C)C(=O)Cn1nc(C=O)c2ccccc21.Cc1cccc(C)c1N. The molecule has 2 aromatic carbocycles. The van der Waals surface area contributed by atoms with Gasteiger partial charge in [0.2, 0.25) is 0 Å². The lowest BCUT2D eigenvalue weighted by Gasteiger charge is -2.16. The van der Waals surface area contributed by atoms with Crippen molar-refractivity contribution in [3.8, 4) is 0 Å². The number of nitrogen functional groups attached to an aromatic ring is 1. The minimum atomic E-state index is -0.408. The Labute approximate surface area is 160 Å². The van der Waals surface area contributed by atoms with Gasteiger partial charge in [0.15, 0.2) is 12.1 Å². The number of ketones is 1. The minimum absolute atomic E-state index is 0.0909. The summed E-state index contributed by atoms with van der Waals surface area (Å²) >= 11 is 0. The number of hydrogen-bond acceptors (Lipinski definition) is 4. The van der Waals surface area contributed by atoms with Crippen LogP contribution in [0.15, 0.2) is 42.5 Å². The molecule has 0 radical (unpaired) electrons. The Kier molecular flexibility index (Phi) is 6.16. The fourth-order valence-electron chi connectivity index (χ4n) is 2.56. The fourth-order valence-corrected chi connectivity index (χ4v) is 2.56. The maximum Gasteiger partial charge on any atom is 0.170 e. The van der Waals surface area contributed by atoms with E-state index in [1.807, 2.05) is 77.1 Å². The minimum Gasteiger partial charge on any atom is -0.398 e. The first-order chi connectivity index (χ1) is 12.6. The summed E-state index contributed by atoms with van der Waals surface area (Å²) in [6.45, 7) is 9.85. The summed E-state index contributed by atoms with van der Waals surface area (Å²) in [6, 6.07) is 13.5. The van der Waals surface area contributed by atoms with Crippen LogP contribution in [0.3, 0.4) is 0 Å². The number of nitrogens with two attached hydrogens (primary N) is 1. The van der Waals surface area contributed by atoms with Gasteiger partial charge in [0.25, 0.3) is 0 Å². The lowest BCUT2D eigenvalue weighted by atomic mass is 9.91. The Morgan fingerprint density at radius 2 is 1.67 bits per heavy atom. The van der Waals surface area contributed by atoms with Gasteiger partial charge in [-0.3, -0.25) is 14.3 Å². The second-order valence-electron chi connectivity index (χ2n) is 7.66. The second-order valence-corrected chi connectivity index (χ2v) is 7.66. The Morgan fingerprint density at radius 1 is 1.07 bits per heavy atom. The molecule has 3 aromatic rings. The van der Waals surface area contributed by atoms with Gasteiger partial charge in [0.1, 0.15) is 12.2 Å². The number of aromatic nitrogens is 2. The predicted octanol–water partition coefficient (Wildman–Crippen LogP) is 4.35. The lowest BCUT2D eigenvalue weighted by Crippen LogP contribution is -2.25. The number of nitrogens with zero attached hydrogens (tertiary/aromatic N) is 2. The highest BCUT2D eigenvalue weighted by Gasteiger charge is 2.22. The number of fused-ring (bicyclic) bond motifs is 1. The van der Waals surface area contributed by atoms with Gasteiger partial charge in [-0.2, -0.15) is 5.10 Å². The standard InChI is InChI=1S/C14H16N2O2.C8H11N/c1-14(2,3)13(18)8-16-12-7-5-4-6-10(12)11(9-17)15-16;1-6-4-3-5-7(2)8(6)9/h4-7,9H,8H2,1-3H3;3-5H,9H2,1-2H3. The molecule has 0 spiro atoms. The number of hydrogen-bond donors (Lipinski definition) is 1. The zero-order valence-electron chi connectivity index (χ0n) is 16.6. The molecule has 0 fully saturated rings. The van der Waals surface area contributed by atoms with Crippen molar-refractivity contribution in [2.45, 2.75) is 41.2 Å². The first-order valence-electron chi connectivity index (χ1n) is 8.91. The van der Waals surface area contributed by atoms with Crippen molar-refractivity contribution in [3.05, 3.63) is 59.3 Å². The monoisotopic (exact) mass is 365 g/mol. The van der Waals surface area contributed by atoms with Crippen LogP contribution in [0.2, 0.25) is 0 Å². The number of carbonyl (C=O) groups excluding carboxylic acids is 2. The summed E-state index contributed by atoms with van der Waals surface area (Å²) in [4.78, 5) is 23.0. The number of anilines is 1. The molecule has 0 saturated heterocycles. The van der Waals surface area contributed by atoms with Gasteiger partial charge in [-0.05, 0) is 31.0 Å². The van der Waals surface area contributed by atoms with E-state index < -0.39 is 5.41 Å². The number of rotatable bonds is 3. The first-order valence-corrected chi connectivity index (χ1v) is 8.91. The number of para-hydroxylation sites is 2. The molecule has 0 saturated carbocycles. The van der Waals surface area contributed by atoms with Crippen molar-refractivity contribution in [1.82, 2.24) is 9.78 Å². The molecule has 5 heteroatoms. The molecule has 5 nitrogen and oxygen atoms in total. The highest BCUT2D eigenvalue weighted by Crippen LogP contribution is 2.20. The van der Waals surface area contributed by atoms with E-state index in [0.29, 0.717) is 5.69 Å². The molecular formula is C22H27N3O2. The zero-order chi connectivity index (χ0) is 20.2. The summed E-state index contributed by atoms with van der Waals surface area (Å²) in [5.74, 6) is 0.0909. The second kappa shape index (κ2) is 8.16. The molecule has 0 unspecified atom stereocenters. The number of Topliss-reactive ketones (excluding diaryl/α,β-unsaturated/α-hetero) is 1. The van der Waals surface area contributed by atoms with Gasteiger partial charge in [0.05, 0.1) is 5.52 Å². The number of benzene rings is 2. The highest BCUT2D eigenvalue weighted by atomic mass is 16.1. The topological polar surface area (TPSA) is 78.0 Å². The fraction of sp³-hybridized carbons (Fsp3) is 0.318. The molecule has 142 valence electrons. The summed E-state index contributed by atoms with van der Waals surface area (Å²) < 4.78 is 1.60. The molecule has 3 rings (SSSR count). The molecule has 0 aliphatic heterocycles. The molecule has 0 amide bonds. The van der Waals surface area contributed by atoms with Crippen LogP contribution in [0.1, 0.15) is 42.4 Å². The third-order valence-electron chi connectivity index (χ3n) is 4.47. The summed E-state index contributed by atoms with van der Waals surface area (Å²) in [7, 11) is 0. The Bertz CT molecular complexity index is 945. The van der Waals surface area contributed by atoms with Crippen LogP contribution in [-0.4, -0.2) is 21.8 Å². The largest absolute Gasteiger partial charge is 0.398 e. The maximum absolute atomic E-state index is 12.0. The maximum atomic E-state index is 12.0. The smallest absolute Gasteiger partial charge is 0.170 e. The third kappa shape index (κ3) is 4.82. The van der Waals surface area contributed by atoms with Crippen LogP contribution in [0.4, 0.5) is 5.69 Å². The van der Waals surface area contributed by atoms with Crippen molar-refractivity contribution in [2.24, 2.45) is 5.41 Å². The Balaban J connectivity index is 0.000000244. The Morgan fingerprint density at radius 3 is 2.19 bits per heavy atom. The van der Waals surface area contributed by atoms with Crippen LogP contribution in [0, 0.1) is 19.3 Å². The van der Waals surface area contributed by atoms with Gasteiger partial charge < -0.3 is 5.73 Å². The van der Waals surface area contributed by atoms with Crippen LogP contribution in [0.25, 0.3) is 10.9 Å². The van der Waals surface area contributed by atoms with Crippen molar-refractivity contribution in [2.75, 3.05) is 5.73 Å². The van der Waals surface area contributed by atoms with E-state index in [1.54, 1.807) is 4.68 Å². The summed E-state index contributed by atoms with van der Waals surface area (Å²) in [5, 5.41) is 4.98. The van der Waals surface area contributed by atoms with E-state index in [-0.39, 0.29) is 12.3 Å². The summed E-state index contributed by atoms with van der Waals surface area (Å²) in [5.41, 5.74) is 9.71. The molecule has 1 aromatic heterocycles. The van der Waals surface area contributed by atoms with Gasteiger partial charge in [-0.1, -0.05) is 57.2 Å². The average Bonchev–Trinajstić information content (AvgIpc) is 2.97. The molecule has 27 heavy (non-hydrogen) atoms. The normalized spacial score (nSPS) is 11.0. The van der Waals surface area contributed by atoms with Crippen LogP contribution >= 0.6 is 0 Å². The van der Waals surface area contributed by atoms with Crippen LogP contribution in [0.5, 0.6) is 0 Å². The predicted molar refractivity (Wildman–Crippen MR) is 110 cm³/mol. The zero-order valence-corrected chi connectivity index (χ0v) is 16.6. The molecular weight excluding hydrogens is 338 g/mol. The molecule has 0 bridgehead atoms. The van der Waals surface area contributed by atoms with E-state index in [2.05, 4.69) is 5.10 Å². The summed E-state index contributed by atoms with van der Waals surface area (Å²) in [6.07, 6.45) is 0.723. The van der Waals surface area contributed by atoms with E-state index >= 15 is 0 Å². The Hall–Kier alpha value is -2.95. The van der Waals surface area contributed by atoms with E-state index in [9.17, 15) is 9.59 Å². The van der Waals surface area contributed by atoms with E-state index in [0.717, 1.165) is 34.0 Å². The van der Waals surface area contributed by atoms with Crippen molar-refractivity contribution >= 4 is 28.7 Å². The van der Waals surface area contributed by atoms with Crippen LogP contribution < -0.4 is 5.73 Å². The quantitative estimate of drug-likeness (QED) is 0.553. The molecule has 0 atom stereocenters. The van der Waals surface area contributed by atoms with Crippen LogP contribution in [-0.2, 0) is 11.3 Å². The lowest BCUT2D eigenvalue weighted by molar-refractivity contribution is -0.127. The number of carbonyl (C=O) groups is 2. The van der Waals surface area contributed by atoms with Gasteiger partial charge >= 0.3 is 0 Å². The average molecular weight is 365 g/mol. The number of aldehydes is 1. The number of aryl methyl sites for hydroxylation is 2. The first kappa shape index (κ1) is 20.4. The van der Waals surface area contributed by atoms with E-state index in [1.165, 1.54) is 0 Å². The molecule has 1 heterocycles. The highest BCUT2D eigenvalue weighted by molar-refractivity contribution is 5.96. The van der Waals surface area contributed by atoms with Gasteiger partial charge in [-0.25, -0.2) is 0 Å². The third-order valence-corrected chi connectivity index (χ3v) is 4.47. The van der Waals surface area contributed by atoms with Crippen molar-refractivity contribution in [3.63, 3.8) is 0 Å². The molecule has 2 N–H and O–H groups in total. The van der Waals surface area contributed by atoms with E-state index in [4.69, 9.17) is 5.73 Å². The molecule has 0 aliphatic rings. The van der Waals surface area contributed by atoms with Gasteiger partial charge in [-0.15, -0.1) is 0 Å². The van der Waals surface area contributed by atoms with Crippen molar-refractivity contribution < 1.29 is 9.59 Å².